The Morgan fingerprint density at radius 1 is 0.670 bits per heavy atom. The fourth-order valence-electron chi connectivity index (χ4n) is 13.2. The molecule has 8 rings (SSSR count). The van der Waals surface area contributed by atoms with Crippen LogP contribution >= 0.6 is 8.89 Å². The lowest BCUT2D eigenvalue weighted by Gasteiger charge is -2.42. The normalized spacial score (nSPS) is 27.2. The summed E-state index contributed by atoms with van der Waals surface area (Å²) in [5.41, 5.74) is 10.7. The van der Waals surface area contributed by atoms with Gasteiger partial charge in [0.2, 0.25) is 5.91 Å². The minimum absolute atomic E-state index is 0.00339. The highest BCUT2D eigenvalue weighted by molar-refractivity contribution is 7.30. The van der Waals surface area contributed by atoms with Gasteiger partial charge >= 0.3 is 30.0 Å². The number of rotatable bonds is 34. The zero-order chi connectivity index (χ0) is 74.2. The number of hydrogen-bond acceptors (Lipinski definition) is 20. The predicted molar refractivity (Wildman–Crippen MR) is 382 cm³/mol. The highest BCUT2D eigenvalue weighted by atomic mass is 31.1. The van der Waals surface area contributed by atoms with Crippen LogP contribution in [-0.2, 0) is 93.8 Å². The summed E-state index contributed by atoms with van der Waals surface area (Å²) in [6.07, 6.45) is 13.1. The Kier molecular flexibility index (Phi) is 37.7. The molecule has 2 saturated carbocycles. The van der Waals surface area contributed by atoms with Crippen molar-refractivity contribution in [2.45, 2.75) is 256 Å². The number of epoxide rings is 4. The van der Waals surface area contributed by atoms with Gasteiger partial charge in [0, 0.05) is 90.3 Å². The number of methoxy groups -OCH3 is 4. The van der Waals surface area contributed by atoms with E-state index in [4.69, 9.17) is 72.8 Å². The van der Waals surface area contributed by atoms with Crippen molar-refractivity contribution in [1.82, 2.24) is 5.32 Å². The minimum Gasteiger partial charge on any atom is -0.481 e. The largest absolute Gasteiger partial charge is 0.481 e. The average Bonchev–Trinajstić information content (AvgIpc) is 1.54. The first-order valence-corrected chi connectivity index (χ1v) is 36.8. The summed E-state index contributed by atoms with van der Waals surface area (Å²) in [6, 6.07) is 14.9. The second-order valence-corrected chi connectivity index (χ2v) is 27.7. The Morgan fingerprint density at radius 2 is 1.14 bits per heavy atom. The number of allylic oxidation sites excluding steroid dienone is 2. The van der Waals surface area contributed by atoms with Gasteiger partial charge < -0.3 is 83.4 Å². The van der Waals surface area contributed by atoms with Gasteiger partial charge in [0.25, 0.3) is 0 Å². The molecule has 25 heteroatoms. The number of aryl methyl sites for hydroxylation is 1. The predicted octanol–water partition coefficient (Wildman–Crippen LogP) is 12.3. The van der Waals surface area contributed by atoms with Crippen LogP contribution < -0.4 is 16.4 Å². The molecule has 100 heavy (non-hydrogen) atoms. The number of ether oxygens (including phenoxy) is 12. The Morgan fingerprint density at radius 3 is 1.58 bits per heavy atom. The van der Waals surface area contributed by atoms with E-state index in [1.54, 1.807) is 40.6 Å². The van der Waals surface area contributed by atoms with Crippen molar-refractivity contribution >= 4 is 56.1 Å². The standard InChI is InChI=1S/C34H50N2O8.C25H35NO5.C10H18O5.C5H12O2.CH4FP/c1-7-26(40-6)20-41-30(38)10-8-9-29(37)36-25-14-12-24(13-15-25)19-35-32(39)43-27-17-18-34(21-42-34)31(23(27)4)33(5)28(44-33)16-11-22(2)3;1-16(2)5-11-20-24(3,31-20)23-22(28-4)19(13-14-25(23)15-29-25)30-21(27)12-8-17-6-9-18(26)10-7-17;1-3-8(14-2)7-15-10(13)6-4-5-9(11)12;1-3-5(4-6)7-2;1-3-2/h11-15,23,26-28,31H,7-10,16-21H2,1-6H3,(H,35,39)(H,36,37);5-7,9-10,19-20,22-23H,8,11-15,26H2,1-4H3;8H,3-7H2,1-2H3,(H,11,12);5-6H,3-4H2,1-2H3;3H,1H3/t23-,26?,27-,28?,31-,33+,34+;19-,20?,22-,23-,24+,25+;;;/m11.../s1. The number of esters is 3. The van der Waals surface area contributed by atoms with E-state index in [1.165, 1.54) is 17.8 Å². The van der Waals surface area contributed by atoms with Crippen molar-refractivity contribution in [2.75, 3.05) is 79.2 Å². The highest BCUT2D eigenvalue weighted by Crippen LogP contribution is 2.62. The fourth-order valence-corrected chi connectivity index (χ4v) is 13.2. The van der Waals surface area contributed by atoms with Crippen molar-refractivity contribution in [1.29, 1.82) is 0 Å². The summed E-state index contributed by atoms with van der Waals surface area (Å²) >= 11 is 0. The highest BCUT2D eigenvalue weighted by Gasteiger charge is 2.73. The summed E-state index contributed by atoms with van der Waals surface area (Å²) in [4.78, 5) is 70.8. The number of aliphatic carboxylic acids is 1. The third-order valence-corrected chi connectivity index (χ3v) is 19.4. The molecule has 23 nitrogen and oxygen atoms in total. The maximum atomic E-state index is 12.8. The molecule has 16 atom stereocenters. The van der Waals surface area contributed by atoms with Crippen LogP contribution in [0, 0.1) is 17.8 Å². The second kappa shape index (κ2) is 43.5. The number of halogens is 1. The molecule has 566 valence electrons. The van der Waals surface area contributed by atoms with E-state index in [-0.39, 0.29) is 158 Å². The number of anilines is 2. The molecular formula is C75H119FN3O20P. The summed E-state index contributed by atoms with van der Waals surface area (Å²) in [5, 5.41) is 22.5. The van der Waals surface area contributed by atoms with E-state index in [1.807, 2.05) is 57.2 Å². The van der Waals surface area contributed by atoms with Crippen LogP contribution in [0.1, 0.15) is 183 Å². The lowest BCUT2D eigenvalue weighted by atomic mass is 9.64. The zero-order valence-corrected chi connectivity index (χ0v) is 63.1. The Bertz CT molecular complexity index is 2850. The Balaban J connectivity index is 0.000000326. The number of carbonyl (C=O) groups excluding carboxylic acids is 5. The van der Waals surface area contributed by atoms with Crippen LogP contribution in [0.3, 0.4) is 0 Å². The van der Waals surface area contributed by atoms with Gasteiger partial charge in [-0.1, -0.05) is 75.3 Å². The second-order valence-electron chi connectivity index (χ2n) is 27.4. The van der Waals surface area contributed by atoms with Crippen molar-refractivity contribution in [3.05, 3.63) is 83.0 Å². The van der Waals surface area contributed by atoms with Crippen molar-refractivity contribution < 1.29 is 100 Å². The molecule has 0 radical (unpaired) electrons. The van der Waals surface area contributed by atoms with Gasteiger partial charge in [-0.3, -0.25) is 24.0 Å². The number of carboxylic acid groups (broad SMARTS) is 1. The van der Waals surface area contributed by atoms with Gasteiger partial charge in [-0.25, -0.2) is 8.99 Å². The van der Waals surface area contributed by atoms with Crippen LogP contribution in [0.5, 0.6) is 0 Å². The van der Waals surface area contributed by atoms with Crippen LogP contribution in [0.15, 0.2) is 71.8 Å². The van der Waals surface area contributed by atoms with Crippen molar-refractivity contribution in [3.63, 3.8) is 0 Å². The number of nitrogen functional groups attached to an aromatic ring is 1. The first kappa shape index (κ1) is 86.7. The van der Waals surface area contributed by atoms with Crippen LogP contribution in [0.2, 0.25) is 0 Å². The van der Waals surface area contributed by atoms with Crippen LogP contribution in [-0.4, -0.2) is 185 Å². The summed E-state index contributed by atoms with van der Waals surface area (Å²) < 4.78 is 77.7. The van der Waals surface area contributed by atoms with E-state index >= 15 is 0 Å². The van der Waals surface area contributed by atoms with E-state index in [9.17, 15) is 33.0 Å². The maximum absolute atomic E-state index is 12.8. The molecule has 2 aliphatic carbocycles. The molecule has 4 aliphatic heterocycles. The van der Waals surface area contributed by atoms with Crippen molar-refractivity contribution in [2.24, 2.45) is 17.8 Å². The molecule has 2 amide bonds. The van der Waals surface area contributed by atoms with Gasteiger partial charge in [0.15, 0.2) is 0 Å². The maximum Gasteiger partial charge on any atom is 0.407 e. The monoisotopic (exact) mass is 1430 g/mol. The lowest BCUT2D eigenvalue weighted by molar-refractivity contribution is -0.171. The number of alkyl carbamates (subject to hydrolysis) is 1. The van der Waals surface area contributed by atoms with E-state index < -0.39 is 21.0 Å². The van der Waals surface area contributed by atoms with Gasteiger partial charge in [-0.2, -0.15) is 0 Å². The molecular weight excluding hydrogens is 1310 g/mol. The van der Waals surface area contributed by atoms with Gasteiger partial charge in [0.1, 0.15) is 42.7 Å². The number of carboxylic acids is 1. The molecule has 4 saturated heterocycles. The lowest BCUT2D eigenvalue weighted by Crippen LogP contribution is -2.55. The summed E-state index contributed by atoms with van der Waals surface area (Å²) in [5.74, 6) is -1.65. The molecule has 2 aromatic rings. The number of hydrogen-bond donors (Lipinski definition) is 5. The Labute approximate surface area is 595 Å². The molecule has 6 fully saturated rings. The van der Waals surface area contributed by atoms with E-state index in [2.05, 4.69) is 71.3 Å². The number of amides is 2. The molecule has 2 spiro atoms. The third kappa shape index (κ3) is 28.5. The molecule has 0 bridgehead atoms. The number of aliphatic hydroxyl groups is 1. The van der Waals surface area contributed by atoms with E-state index in [0.29, 0.717) is 37.9 Å². The number of benzene rings is 2. The zero-order valence-electron chi connectivity index (χ0n) is 62.1. The van der Waals surface area contributed by atoms with Gasteiger partial charge in [-0.15, -0.1) is 0 Å². The average molecular weight is 1430 g/mol. The van der Waals surface area contributed by atoms with E-state index in [0.717, 1.165) is 87.8 Å². The quantitative estimate of drug-likeness (QED) is 0.0109. The SMILES string of the molecule is CCC(CO)OC.CCC(COC(=O)CCCC(=O)Nc1ccc(CNC(=O)O[C@@H]2CC[C@]3(CO3)[C@@H]([C@@]3(C)OC3CC=C(C)C)[C@@H]2C)cc1)OC.CCC(COC(=O)CCCC(=O)O)OC.CO[C@@H]1[C@H](OC(=O)CCc2ccc(N)cc2)CC[C@]2(CO2)[C@H]1[C@@]1(C)OC1CC=C(C)C.CPF. The number of aliphatic hydroxyl groups excluding tert-OH is 1. The molecule has 4 heterocycles. The van der Waals surface area contributed by atoms with Crippen LogP contribution in [0.25, 0.3) is 0 Å². The minimum atomic E-state index is -0.897. The van der Waals surface area contributed by atoms with Crippen molar-refractivity contribution in [3.8, 4) is 0 Å². The van der Waals surface area contributed by atoms with Gasteiger partial charge in [-0.05, 0) is 161 Å². The fraction of sp³-hybridized carbons (Fsp3) is 0.707. The molecule has 6 unspecified atom stereocenters. The molecule has 6 aliphatic rings. The Hall–Kier alpha value is -5.66. The van der Waals surface area contributed by atoms with Crippen LogP contribution in [0.4, 0.5) is 20.4 Å². The number of nitrogens with one attached hydrogen (secondary N) is 2. The summed E-state index contributed by atoms with van der Waals surface area (Å²) in [6.45, 7) is 24.6. The molecule has 6 N–H and O–H groups in total. The third-order valence-electron chi connectivity index (χ3n) is 19.4. The number of carbonyl (C=O) groups is 6. The molecule has 0 aromatic heterocycles. The first-order chi connectivity index (χ1) is 47.6. The number of nitrogens with two attached hydrogens (primary N) is 1. The smallest absolute Gasteiger partial charge is 0.407 e. The first-order valence-electron chi connectivity index (χ1n) is 35.4. The topological polar surface area (TPSA) is 317 Å². The van der Waals surface area contributed by atoms with Gasteiger partial charge in [0.05, 0.1) is 76.4 Å². The summed E-state index contributed by atoms with van der Waals surface area (Å²) in [7, 11) is 6.03. The molecule has 2 aromatic carbocycles.